The number of likely N-dealkylation sites (tertiary alicyclic amines) is 1. The first-order valence-electron chi connectivity index (χ1n) is 7.37. The van der Waals surface area contributed by atoms with Gasteiger partial charge in [-0.2, -0.15) is 0 Å². The SMILES string of the molecule is COc1ccc(CN2CCCC(C)(O)CC2)cc1C(=N)N. The molecule has 1 atom stereocenters. The lowest BCUT2D eigenvalue weighted by Crippen LogP contribution is -2.28. The van der Waals surface area contributed by atoms with E-state index in [9.17, 15) is 5.11 Å². The Morgan fingerprint density at radius 1 is 1.43 bits per heavy atom. The molecule has 0 radical (unpaired) electrons. The number of ether oxygens (including phenoxy) is 1. The van der Waals surface area contributed by atoms with Crippen molar-refractivity contribution >= 4 is 5.84 Å². The van der Waals surface area contributed by atoms with Crippen LogP contribution in [0.2, 0.25) is 0 Å². The summed E-state index contributed by atoms with van der Waals surface area (Å²) in [5, 5.41) is 17.8. The zero-order valence-electron chi connectivity index (χ0n) is 12.9. The van der Waals surface area contributed by atoms with Crippen LogP contribution in [0, 0.1) is 5.41 Å². The van der Waals surface area contributed by atoms with Gasteiger partial charge in [-0.15, -0.1) is 0 Å². The van der Waals surface area contributed by atoms with Crippen LogP contribution < -0.4 is 10.5 Å². The van der Waals surface area contributed by atoms with Crippen molar-refractivity contribution in [1.29, 1.82) is 5.41 Å². The number of hydrogen-bond acceptors (Lipinski definition) is 4. The Hall–Kier alpha value is -1.59. The van der Waals surface area contributed by atoms with Crippen LogP contribution in [0.4, 0.5) is 0 Å². The highest BCUT2D eigenvalue weighted by Crippen LogP contribution is 2.24. The normalized spacial score (nSPS) is 23.6. The molecule has 21 heavy (non-hydrogen) atoms. The molecule has 1 aromatic carbocycles. The topological polar surface area (TPSA) is 82.6 Å². The summed E-state index contributed by atoms with van der Waals surface area (Å²) in [7, 11) is 1.58. The van der Waals surface area contributed by atoms with Crippen LogP contribution >= 0.6 is 0 Å². The van der Waals surface area contributed by atoms with Gasteiger partial charge in [0, 0.05) is 13.1 Å². The Morgan fingerprint density at radius 2 is 2.19 bits per heavy atom. The Kier molecular flexibility index (Phi) is 4.85. The number of nitrogens with one attached hydrogen (secondary N) is 1. The van der Waals surface area contributed by atoms with E-state index < -0.39 is 5.60 Å². The molecule has 1 aliphatic rings. The predicted octanol–water partition coefficient (Wildman–Crippen LogP) is 1.72. The van der Waals surface area contributed by atoms with Crippen molar-refractivity contribution < 1.29 is 9.84 Å². The average Bonchev–Trinajstić information content (AvgIpc) is 2.60. The molecule has 1 fully saturated rings. The van der Waals surface area contributed by atoms with Crippen molar-refractivity contribution in [3.8, 4) is 5.75 Å². The number of aliphatic hydroxyl groups is 1. The lowest BCUT2D eigenvalue weighted by atomic mass is 9.98. The highest BCUT2D eigenvalue weighted by atomic mass is 16.5. The van der Waals surface area contributed by atoms with E-state index >= 15 is 0 Å². The van der Waals surface area contributed by atoms with E-state index in [-0.39, 0.29) is 5.84 Å². The summed E-state index contributed by atoms with van der Waals surface area (Å²) in [5.41, 5.74) is 6.82. The largest absolute Gasteiger partial charge is 0.496 e. The van der Waals surface area contributed by atoms with E-state index in [2.05, 4.69) is 4.90 Å². The van der Waals surface area contributed by atoms with Gasteiger partial charge in [0.25, 0.3) is 0 Å². The van der Waals surface area contributed by atoms with Gasteiger partial charge in [-0.1, -0.05) is 6.07 Å². The Labute approximate surface area is 126 Å². The number of rotatable bonds is 4. The van der Waals surface area contributed by atoms with Crippen molar-refractivity contribution in [2.75, 3.05) is 20.2 Å². The van der Waals surface area contributed by atoms with Gasteiger partial charge < -0.3 is 15.6 Å². The van der Waals surface area contributed by atoms with Gasteiger partial charge in [0.1, 0.15) is 11.6 Å². The molecule has 0 aliphatic carbocycles. The molecule has 1 aliphatic heterocycles. The average molecular weight is 291 g/mol. The van der Waals surface area contributed by atoms with Crippen molar-refractivity contribution in [3.63, 3.8) is 0 Å². The van der Waals surface area contributed by atoms with Gasteiger partial charge in [-0.05, 0) is 50.4 Å². The molecule has 0 spiro atoms. The maximum absolute atomic E-state index is 10.1. The fourth-order valence-corrected chi connectivity index (χ4v) is 2.80. The molecule has 1 aromatic rings. The number of hydrogen-bond donors (Lipinski definition) is 3. The molecular formula is C16H25N3O2. The summed E-state index contributed by atoms with van der Waals surface area (Å²) in [6, 6.07) is 5.79. The van der Waals surface area contributed by atoms with E-state index in [1.165, 1.54) is 0 Å². The lowest BCUT2D eigenvalue weighted by molar-refractivity contribution is 0.0444. The maximum atomic E-state index is 10.1. The van der Waals surface area contributed by atoms with E-state index in [4.69, 9.17) is 15.9 Å². The third kappa shape index (κ3) is 4.19. The second-order valence-electron chi connectivity index (χ2n) is 6.07. The number of nitrogens with two attached hydrogens (primary N) is 1. The van der Waals surface area contributed by atoms with Crippen LogP contribution in [0.1, 0.15) is 37.3 Å². The first-order valence-corrected chi connectivity index (χ1v) is 7.37. The molecule has 1 saturated heterocycles. The van der Waals surface area contributed by atoms with E-state index in [0.717, 1.165) is 44.5 Å². The standard InChI is InChI=1S/C16H25N3O2/c1-16(20)6-3-8-19(9-7-16)11-12-4-5-14(21-2)13(10-12)15(17)18/h4-5,10,20H,3,6-9,11H2,1-2H3,(H3,17,18). The van der Waals surface area contributed by atoms with Gasteiger partial charge in [-0.3, -0.25) is 10.3 Å². The molecule has 5 nitrogen and oxygen atoms in total. The lowest BCUT2D eigenvalue weighted by Gasteiger charge is -2.22. The number of amidine groups is 1. The van der Waals surface area contributed by atoms with Gasteiger partial charge in [0.15, 0.2) is 0 Å². The second-order valence-corrected chi connectivity index (χ2v) is 6.07. The van der Waals surface area contributed by atoms with Gasteiger partial charge in [0.05, 0.1) is 18.3 Å². The predicted molar refractivity (Wildman–Crippen MR) is 83.8 cm³/mol. The molecule has 116 valence electrons. The fourth-order valence-electron chi connectivity index (χ4n) is 2.80. The number of methoxy groups -OCH3 is 1. The molecule has 5 heteroatoms. The van der Waals surface area contributed by atoms with E-state index in [1.54, 1.807) is 7.11 Å². The minimum atomic E-state index is -0.542. The summed E-state index contributed by atoms with van der Waals surface area (Å²) < 4.78 is 5.23. The minimum absolute atomic E-state index is 0.0208. The molecule has 4 N–H and O–H groups in total. The molecule has 0 bridgehead atoms. The van der Waals surface area contributed by atoms with Crippen LogP contribution in [-0.2, 0) is 6.54 Å². The minimum Gasteiger partial charge on any atom is -0.496 e. The Bertz CT molecular complexity index is 514. The zero-order chi connectivity index (χ0) is 15.5. The first kappa shape index (κ1) is 15.8. The van der Waals surface area contributed by atoms with Gasteiger partial charge in [-0.25, -0.2) is 0 Å². The quantitative estimate of drug-likeness (QED) is 0.582. The Balaban J connectivity index is 2.09. The first-order chi connectivity index (χ1) is 9.91. The third-order valence-electron chi connectivity index (χ3n) is 4.12. The zero-order valence-corrected chi connectivity index (χ0v) is 12.9. The molecule has 0 aromatic heterocycles. The van der Waals surface area contributed by atoms with Crippen LogP contribution in [0.15, 0.2) is 18.2 Å². The van der Waals surface area contributed by atoms with Crippen molar-refractivity contribution in [2.24, 2.45) is 5.73 Å². The highest BCUT2D eigenvalue weighted by Gasteiger charge is 2.24. The third-order valence-corrected chi connectivity index (χ3v) is 4.12. The van der Waals surface area contributed by atoms with Gasteiger partial charge >= 0.3 is 0 Å². The van der Waals surface area contributed by atoms with Crippen LogP contribution in [0.3, 0.4) is 0 Å². The summed E-state index contributed by atoms with van der Waals surface area (Å²) in [6.07, 6.45) is 2.65. The molecule has 0 saturated carbocycles. The molecule has 1 heterocycles. The van der Waals surface area contributed by atoms with Crippen LogP contribution in [0.5, 0.6) is 5.75 Å². The smallest absolute Gasteiger partial charge is 0.129 e. The molecular weight excluding hydrogens is 266 g/mol. The molecule has 0 amide bonds. The van der Waals surface area contributed by atoms with E-state index in [1.807, 2.05) is 25.1 Å². The van der Waals surface area contributed by atoms with Gasteiger partial charge in [0.2, 0.25) is 0 Å². The molecule has 1 unspecified atom stereocenters. The van der Waals surface area contributed by atoms with Crippen molar-refractivity contribution in [3.05, 3.63) is 29.3 Å². The maximum Gasteiger partial charge on any atom is 0.129 e. The van der Waals surface area contributed by atoms with Crippen LogP contribution in [-0.4, -0.2) is 41.6 Å². The summed E-state index contributed by atoms with van der Waals surface area (Å²) in [5.74, 6) is 0.651. The second kappa shape index (κ2) is 6.45. The Morgan fingerprint density at radius 3 is 2.86 bits per heavy atom. The summed E-state index contributed by atoms with van der Waals surface area (Å²) in [6.45, 7) is 4.59. The van der Waals surface area contributed by atoms with Crippen LogP contribution in [0.25, 0.3) is 0 Å². The van der Waals surface area contributed by atoms with E-state index in [0.29, 0.717) is 11.3 Å². The molecule has 2 rings (SSSR count). The fraction of sp³-hybridized carbons (Fsp3) is 0.562. The highest BCUT2D eigenvalue weighted by molar-refractivity contribution is 5.97. The van der Waals surface area contributed by atoms with Crippen molar-refractivity contribution in [2.45, 2.75) is 38.3 Å². The number of nitrogens with zero attached hydrogens (tertiary/aromatic N) is 1. The summed E-state index contributed by atoms with van der Waals surface area (Å²) >= 11 is 0. The number of benzene rings is 1. The summed E-state index contributed by atoms with van der Waals surface area (Å²) in [4.78, 5) is 2.34. The van der Waals surface area contributed by atoms with Crippen molar-refractivity contribution in [1.82, 2.24) is 4.90 Å². The number of nitrogen functional groups attached to an aromatic ring is 1. The monoisotopic (exact) mass is 291 g/mol.